The quantitative estimate of drug-likeness (QED) is 0.0828. The summed E-state index contributed by atoms with van der Waals surface area (Å²) in [6.07, 6.45) is 0. The maximum atomic E-state index is 9.49. The van der Waals surface area contributed by atoms with Crippen LogP contribution in [0.5, 0.6) is 0 Å². The Morgan fingerprint density at radius 3 is 0.905 bits per heavy atom. The Kier molecular flexibility index (Phi) is 29.7. The molecule has 0 unspecified atom stereocenters. The predicted octanol–water partition coefficient (Wildman–Crippen LogP) is -8.60. The largest absolute Gasteiger partial charge is 1.00 e. The molecule has 0 heterocycles. The molecule has 0 aromatic heterocycles. The van der Waals surface area contributed by atoms with Gasteiger partial charge in [0.2, 0.25) is 20.8 Å². The maximum Gasteiger partial charge on any atom is 1.00 e. The van der Waals surface area contributed by atoms with Crippen molar-refractivity contribution in [3.05, 3.63) is 0 Å². The molecular weight excluding hydrogens is 394 g/mol. The SMILES string of the molecule is N.N.O=S(=O)(O)O.O=S(=O)([O-])OOOOS(=O)(=O)[O-].[Na+].[Na+]. The standard InChI is InChI=1S/2H3N.2Na.H2O10S2.H2O4S/c;;;;1-11(2,3)9-7-8-10-12(4,5)6;1-5(2,3)4/h2*1H3;;;(H,1,2,3)(H,4,5,6);(H2,1,2,3,4)/q;;2*+1;;/p-2. The second kappa shape index (κ2) is 16.3. The number of rotatable bonds is 5. The molecule has 21 heteroatoms. The van der Waals surface area contributed by atoms with Crippen LogP contribution in [-0.4, -0.2) is 43.5 Å². The monoisotopic (exact) mass is 402 g/mol. The zero-order valence-corrected chi connectivity index (χ0v) is 16.9. The normalized spacial score (nSPS) is 10.3. The van der Waals surface area contributed by atoms with Crippen LogP contribution in [0.2, 0.25) is 0 Å². The van der Waals surface area contributed by atoms with E-state index in [0.29, 0.717) is 0 Å². The fourth-order valence-corrected chi connectivity index (χ4v) is 0.272. The van der Waals surface area contributed by atoms with E-state index in [9.17, 15) is 25.9 Å². The summed E-state index contributed by atoms with van der Waals surface area (Å²) in [4.78, 5) is 0. The Bertz CT molecular complexity index is 460. The van der Waals surface area contributed by atoms with E-state index in [-0.39, 0.29) is 71.4 Å². The molecule has 0 rings (SSSR count). The molecule has 122 valence electrons. The third-order valence-corrected chi connectivity index (χ3v) is 0.694. The van der Waals surface area contributed by atoms with Gasteiger partial charge in [0.05, 0.1) is 0 Å². The fourth-order valence-electron chi connectivity index (χ4n) is 0.0907. The van der Waals surface area contributed by atoms with Gasteiger partial charge >= 0.3 is 69.5 Å². The van der Waals surface area contributed by atoms with Crippen LogP contribution in [0, 0.1) is 0 Å². The Morgan fingerprint density at radius 2 is 0.810 bits per heavy atom. The van der Waals surface area contributed by atoms with Crippen molar-refractivity contribution in [3.8, 4) is 0 Å². The molecule has 0 atom stereocenters. The molecule has 0 saturated carbocycles. The summed E-state index contributed by atoms with van der Waals surface area (Å²) >= 11 is 0. The molecule has 0 fully saturated rings. The molecule has 0 spiro atoms. The first-order valence-corrected chi connectivity index (χ1v) is 6.60. The van der Waals surface area contributed by atoms with E-state index >= 15 is 0 Å². The van der Waals surface area contributed by atoms with Gasteiger partial charge in [-0.15, -0.1) is 0 Å². The maximum absolute atomic E-state index is 9.49. The van der Waals surface area contributed by atoms with Gasteiger partial charge in [0.15, 0.2) is 0 Å². The van der Waals surface area contributed by atoms with Crippen molar-refractivity contribution in [2.24, 2.45) is 0 Å². The van der Waals surface area contributed by atoms with Gasteiger partial charge in [-0.05, 0) is 10.1 Å². The second-order valence-electron chi connectivity index (χ2n) is 1.54. The topological polar surface area (TPSA) is 296 Å². The first-order chi connectivity index (χ1) is 7.21. The first-order valence-electron chi connectivity index (χ1n) is 2.53. The Labute approximate surface area is 163 Å². The third-order valence-electron chi connectivity index (χ3n) is 0.250. The molecule has 0 aromatic carbocycles. The van der Waals surface area contributed by atoms with Crippen molar-refractivity contribution < 1.29 is 121 Å². The van der Waals surface area contributed by atoms with E-state index in [1.54, 1.807) is 0 Å². The van der Waals surface area contributed by atoms with E-state index in [1.165, 1.54) is 0 Å². The fraction of sp³-hybridized carbons (Fsp3) is 0. The van der Waals surface area contributed by atoms with Crippen LogP contribution in [-0.2, 0) is 49.9 Å². The Morgan fingerprint density at radius 1 is 0.667 bits per heavy atom. The van der Waals surface area contributed by atoms with E-state index in [0.717, 1.165) is 0 Å². The van der Waals surface area contributed by atoms with Gasteiger partial charge in [0, 0.05) is 0 Å². The van der Waals surface area contributed by atoms with Crippen LogP contribution < -0.4 is 71.4 Å². The number of hydrogen-bond acceptors (Lipinski definition) is 14. The van der Waals surface area contributed by atoms with E-state index in [1.807, 2.05) is 0 Å². The zero-order valence-electron chi connectivity index (χ0n) is 10.4. The van der Waals surface area contributed by atoms with Gasteiger partial charge < -0.3 is 21.4 Å². The predicted molar refractivity (Wildman–Crippen MR) is 48.0 cm³/mol. The van der Waals surface area contributed by atoms with Crippen LogP contribution in [0.25, 0.3) is 0 Å². The molecule has 0 aliphatic heterocycles. The Hall–Kier alpha value is 1.45. The minimum Gasteiger partial charge on any atom is -0.724 e. The second-order valence-corrected chi connectivity index (χ2v) is 4.34. The minimum atomic E-state index is -5.22. The van der Waals surface area contributed by atoms with Gasteiger partial charge in [-0.25, -0.2) is 16.8 Å². The third kappa shape index (κ3) is 74.3. The molecular formula is H8N2Na2O14S3. The first kappa shape index (κ1) is 38.2. The molecule has 0 saturated heterocycles. The van der Waals surface area contributed by atoms with E-state index < -0.39 is 31.2 Å². The van der Waals surface area contributed by atoms with Gasteiger partial charge in [-0.3, -0.25) is 9.11 Å². The van der Waals surface area contributed by atoms with Crippen LogP contribution in [0.1, 0.15) is 0 Å². The molecule has 0 aliphatic rings. The van der Waals surface area contributed by atoms with Gasteiger partial charge in [-0.1, -0.05) is 8.67 Å². The molecule has 21 heavy (non-hydrogen) atoms. The zero-order chi connectivity index (χ0) is 14.3. The van der Waals surface area contributed by atoms with Crippen molar-refractivity contribution in [3.63, 3.8) is 0 Å². The summed E-state index contributed by atoms with van der Waals surface area (Å²) < 4.78 is 94.1. The van der Waals surface area contributed by atoms with Crippen LogP contribution in [0.3, 0.4) is 0 Å². The molecule has 16 nitrogen and oxygen atoms in total. The Balaban J connectivity index is -0.0000000552. The molecule has 0 aromatic rings. The summed E-state index contributed by atoms with van der Waals surface area (Å²) in [6.45, 7) is 0. The van der Waals surface area contributed by atoms with Gasteiger partial charge in [0.1, 0.15) is 0 Å². The van der Waals surface area contributed by atoms with Crippen LogP contribution in [0.15, 0.2) is 0 Å². The molecule has 0 radical (unpaired) electrons. The van der Waals surface area contributed by atoms with Crippen molar-refractivity contribution in [1.29, 1.82) is 0 Å². The van der Waals surface area contributed by atoms with Crippen molar-refractivity contribution in [2.75, 3.05) is 0 Å². The molecule has 0 amide bonds. The van der Waals surface area contributed by atoms with Gasteiger partial charge in [-0.2, -0.15) is 8.42 Å². The van der Waals surface area contributed by atoms with E-state index in [4.69, 9.17) is 17.5 Å². The van der Waals surface area contributed by atoms with Crippen LogP contribution in [0.4, 0.5) is 0 Å². The summed E-state index contributed by atoms with van der Waals surface area (Å²) in [7, 11) is -15.1. The smallest absolute Gasteiger partial charge is 0.724 e. The molecule has 0 aliphatic carbocycles. The van der Waals surface area contributed by atoms with Gasteiger partial charge in [0.25, 0.3) is 0 Å². The summed E-state index contributed by atoms with van der Waals surface area (Å²) in [5, 5.41) is 5.74. The van der Waals surface area contributed by atoms with Crippen LogP contribution >= 0.6 is 0 Å². The average molecular weight is 402 g/mol. The summed E-state index contributed by atoms with van der Waals surface area (Å²) in [5.41, 5.74) is 0. The average Bonchev–Trinajstić information content (AvgIpc) is 1.91. The molecule has 8 N–H and O–H groups in total. The van der Waals surface area contributed by atoms with Crippen molar-refractivity contribution >= 4 is 31.2 Å². The van der Waals surface area contributed by atoms with Crippen molar-refractivity contribution in [2.45, 2.75) is 0 Å². The summed E-state index contributed by atoms with van der Waals surface area (Å²) in [5.74, 6) is 0. The van der Waals surface area contributed by atoms with E-state index in [2.05, 4.69) is 18.7 Å². The minimum absolute atomic E-state index is 0. The number of hydrogen-bond donors (Lipinski definition) is 4. The molecule has 0 bridgehead atoms. The summed E-state index contributed by atoms with van der Waals surface area (Å²) in [6, 6.07) is 0. The van der Waals surface area contributed by atoms with Crippen molar-refractivity contribution in [1.82, 2.24) is 12.3 Å².